The number of imide groups is 1. The molecule has 0 radical (unpaired) electrons. The zero-order chi connectivity index (χ0) is 15.6. The number of nitrogens with zero attached hydrogens (tertiary/aromatic N) is 1. The summed E-state index contributed by atoms with van der Waals surface area (Å²) in [5.41, 5.74) is 0.737. The average molecular weight is 416 g/mol. The van der Waals surface area contributed by atoms with E-state index in [0.29, 0.717) is 22.2 Å². The van der Waals surface area contributed by atoms with E-state index in [9.17, 15) is 14.4 Å². The van der Waals surface area contributed by atoms with Gasteiger partial charge in [0.1, 0.15) is 0 Å². The van der Waals surface area contributed by atoms with Crippen molar-refractivity contribution in [3.63, 3.8) is 0 Å². The van der Waals surface area contributed by atoms with Gasteiger partial charge >= 0.3 is 0 Å². The molecule has 0 saturated carbocycles. The van der Waals surface area contributed by atoms with Crippen molar-refractivity contribution in [3.05, 3.63) is 44.9 Å². The first-order valence-corrected chi connectivity index (χ1v) is 7.74. The van der Waals surface area contributed by atoms with Gasteiger partial charge in [0.05, 0.1) is 11.1 Å². The van der Waals surface area contributed by atoms with Crippen LogP contribution in [0.2, 0.25) is 0 Å². The minimum atomic E-state index is -0.367. The first-order chi connectivity index (χ1) is 9.90. The van der Waals surface area contributed by atoms with Gasteiger partial charge < -0.3 is 5.32 Å². The lowest BCUT2D eigenvalue weighted by Crippen LogP contribution is -2.34. The van der Waals surface area contributed by atoms with Crippen molar-refractivity contribution in [1.82, 2.24) is 10.2 Å². The van der Waals surface area contributed by atoms with Gasteiger partial charge in [-0.3, -0.25) is 19.3 Å². The Hall–Kier alpha value is -1.47. The Bertz CT molecular complexity index is 643. The standard InChI is InChI=1S/C14H12Br2N2O3/c1-8(15)7-17-12(19)4-5-18-13(20)10-3-2-9(16)6-11(10)14(18)21/h2-3,6H,1,4-5,7H2,(H,17,19). The molecule has 2 rings (SSSR count). The molecular formula is C14H12Br2N2O3. The van der Waals surface area contributed by atoms with Crippen LogP contribution in [0, 0.1) is 0 Å². The Kier molecular flexibility index (Phi) is 4.95. The molecule has 5 nitrogen and oxygen atoms in total. The van der Waals surface area contributed by atoms with Gasteiger partial charge in [-0.2, -0.15) is 0 Å². The van der Waals surface area contributed by atoms with Gasteiger partial charge in [0.2, 0.25) is 5.91 Å². The number of fused-ring (bicyclic) bond motifs is 1. The predicted molar refractivity (Wildman–Crippen MR) is 85.2 cm³/mol. The van der Waals surface area contributed by atoms with E-state index in [0.717, 1.165) is 9.37 Å². The van der Waals surface area contributed by atoms with E-state index < -0.39 is 0 Å². The van der Waals surface area contributed by atoms with E-state index in [1.807, 2.05) is 0 Å². The average Bonchev–Trinajstić information content (AvgIpc) is 2.66. The largest absolute Gasteiger partial charge is 0.351 e. The minimum absolute atomic E-state index is 0.0601. The molecule has 0 unspecified atom stereocenters. The fraction of sp³-hybridized carbons (Fsp3) is 0.214. The van der Waals surface area contributed by atoms with Crippen LogP contribution >= 0.6 is 31.9 Å². The summed E-state index contributed by atoms with van der Waals surface area (Å²) in [5, 5.41) is 2.62. The van der Waals surface area contributed by atoms with Gasteiger partial charge in [0, 0.05) is 28.5 Å². The van der Waals surface area contributed by atoms with E-state index in [4.69, 9.17) is 0 Å². The fourth-order valence-electron chi connectivity index (χ4n) is 1.96. The van der Waals surface area contributed by atoms with Crippen LogP contribution in [0.1, 0.15) is 27.1 Å². The molecule has 1 N–H and O–H groups in total. The van der Waals surface area contributed by atoms with Gasteiger partial charge in [-0.25, -0.2) is 0 Å². The van der Waals surface area contributed by atoms with Crippen LogP contribution in [0.5, 0.6) is 0 Å². The molecule has 1 heterocycles. The van der Waals surface area contributed by atoms with Gasteiger partial charge in [-0.05, 0) is 18.2 Å². The molecule has 1 aliphatic heterocycles. The normalized spacial score (nSPS) is 13.3. The summed E-state index contributed by atoms with van der Waals surface area (Å²) < 4.78 is 1.39. The highest BCUT2D eigenvalue weighted by Gasteiger charge is 2.35. The Morgan fingerprint density at radius 1 is 1.24 bits per heavy atom. The van der Waals surface area contributed by atoms with E-state index in [1.54, 1.807) is 18.2 Å². The van der Waals surface area contributed by atoms with Crippen LogP contribution in [0.4, 0.5) is 0 Å². The number of rotatable bonds is 5. The predicted octanol–water partition coefficient (Wildman–Crippen LogP) is 2.46. The van der Waals surface area contributed by atoms with Crippen LogP contribution in [-0.4, -0.2) is 35.7 Å². The quantitative estimate of drug-likeness (QED) is 0.751. The molecule has 1 aliphatic rings. The molecule has 0 atom stereocenters. The van der Waals surface area contributed by atoms with Crippen molar-refractivity contribution in [2.45, 2.75) is 6.42 Å². The van der Waals surface area contributed by atoms with Gasteiger partial charge in [-0.1, -0.05) is 38.4 Å². The summed E-state index contributed by atoms with van der Waals surface area (Å²) in [7, 11) is 0. The van der Waals surface area contributed by atoms with E-state index in [1.165, 1.54) is 0 Å². The summed E-state index contributed by atoms with van der Waals surface area (Å²) in [6.45, 7) is 3.98. The van der Waals surface area contributed by atoms with Crippen molar-refractivity contribution >= 4 is 49.6 Å². The Balaban J connectivity index is 2.00. The second-order valence-corrected chi connectivity index (χ2v) is 6.53. The number of hydrogen-bond acceptors (Lipinski definition) is 3. The number of carbonyl (C=O) groups is 3. The number of hydrogen-bond donors (Lipinski definition) is 1. The molecule has 0 bridgehead atoms. The Morgan fingerprint density at radius 2 is 1.90 bits per heavy atom. The molecule has 3 amide bonds. The van der Waals surface area contributed by atoms with Crippen molar-refractivity contribution in [3.8, 4) is 0 Å². The summed E-state index contributed by atoms with van der Waals surface area (Å²) >= 11 is 6.40. The summed E-state index contributed by atoms with van der Waals surface area (Å²) in [6.07, 6.45) is 0.0624. The lowest BCUT2D eigenvalue weighted by molar-refractivity contribution is -0.120. The third kappa shape index (κ3) is 3.59. The third-order valence-corrected chi connectivity index (χ3v) is 3.75. The maximum atomic E-state index is 12.2. The smallest absolute Gasteiger partial charge is 0.261 e. The van der Waals surface area contributed by atoms with Gasteiger partial charge in [0.15, 0.2) is 0 Å². The fourth-order valence-corrected chi connectivity index (χ4v) is 2.46. The third-order valence-electron chi connectivity index (χ3n) is 2.97. The van der Waals surface area contributed by atoms with Crippen LogP contribution < -0.4 is 5.32 Å². The van der Waals surface area contributed by atoms with Crippen molar-refractivity contribution in [1.29, 1.82) is 0 Å². The van der Waals surface area contributed by atoms with Crippen LogP contribution in [0.15, 0.2) is 33.7 Å². The van der Waals surface area contributed by atoms with Gasteiger partial charge in [-0.15, -0.1) is 0 Å². The molecule has 0 saturated heterocycles. The molecule has 1 aromatic rings. The first-order valence-electron chi connectivity index (χ1n) is 6.16. The maximum absolute atomic E-state index is 12.2. The molecule has 0 aromatic heterocycles. The topological polar surface area (TPSA) is 66.5 Å². The van der Waals surface area contributed by atoms with Gasteiger partial charge in [0.25, 0.3) is 11.8 Å². The van der Waals surface area contributed by atoms with Crippen LogP contribution in [-0.2, 0) is 4.79 Å². The van der Waals surface area contributed by atoms with Crippen molar-refractivity contribution in [2.24, 2.45) is 0 Å². The minimum Gasteiger partial charge on any atom is -0.351 e. The monoisotopic (exact) mass is 414 g/mol. The maximum Gasteiger partial charge on any atom is 0.261 e. The molecule has 0 spiro atoms. The lowest BCUT2D eigenvalue weighted by atomic mass is 10.1. The zero-order valence-corrected chi connectivity index (χ0v) is 14.2. The highest BCUT2D eigenvalue weighted by Crippen LogP contribution is 2.25. The highest BCUT2D eigenvalue weighted by molar-refractivity contribution is 9.11. The molecule has 21 heavy (non-hydrogen) atoms. The molecule has 0 aliphatic carbocycles. The SMILES string of the molecule is C=C(Br)CNC(=O)CCN1C(=O)c2ccc(Br)cc2C1=O. The van der Waals surface area contributed by atoms with E-state index in [2.05, 4.69) is 43.8 Å². The Labute approximate surface area is 138 Å². The number of benzene rings is 1. The lowest BCUT2D eigenvalue weighted by Gasteiger charge is -2.13. The van der Waals surface area contributed by atoms with E-state index >= 15 is 0 Å². The van der Waals surface area contributed by atoms with Crippen LogP contribution in [0.3, 0.4) is 0 Å². The number of amides is 3. The molecule has 1 aromatic carbocycles. The number of halogens is 2. The van der Waals surface area contributed by atoms with Crippen molar-refractivity contribution in [2.75, 3.05) is 13.1 Å². The number of nitrogens with one attached hydrogen (secondary N) is 1. The number of carbonyl (C=O) groups excluding carboxylic acids is 3. The highest BCUT2D eigenvalue weighted by atomic mass is 79.9. The van der Waals surface area contributed by atoms with Crippen molar-refractivity contribution < 1.29 is 14.4 Å². The first kappa shape index (κ1) is 15.9. The molecule has 7 heteroatoms. The van der Waals surface area contributed by atoms with Crippen LogP contribution in [0.25, 0.3) is 0 Å². The summed E-state index contributed by atoms with van der Waals surface area (Å²) in [5.74, 6) is -0.970. The molecule has 110 valence electrons. The Morgan fingerprint density at radius 3 is 2.57 bits per heavy atom. The zero-order valence-electron chi connectivity index (χ0n) is 11.0. The summed E-state index contributed by atoms with van der Waals surface area (Å²) in [6, 6.07) is 4.93. The van der Waals surface area contributed by atoms with E-state index in [-0.39, 0.29) is 30.7 Å². The molecular weight excluding hydrogens is 404 g/mol. The second kappa shape index (κ2) is 6.53. The molecule has 0 fully saturated rings. The second-order valence-electron chi connectivity index (χ2n) is 4.50. The summed E-state index contributed by atoms with van der Waals surface area (Å²) in [4.78, 5) is 37.0.